The highest BCUT2D eigenvalue weighted by atomic mass is 32.1. The molecule has 30 heavy (non-hydrogen) atoms. The maximum atomic E-state index is 11.8. The van der Waals surface area contributed by atoms with Crippen LogP contribution in [-0.4, -0.2) is 4.92 Å². The van der Waals surface area contributed by atoms with E-state index in [0.717, 1.165) is 21.7 Å². The summed E-state index contributed by atoms with van der Waals surface area (Å²) in [5, 5.41) is 18.7. The Labute approximate surface area is 176 Å². The first-order chi connectivity index (χ1) is 14.7. The number of nitrogens with zero attached hydrogens (tertiary/aromatic N) is 1. The minimum Gasteiger partial charge on any atom is -0.258 e. The van der Waals surface area contributed by atoms with Crippen LogP contribution in [0.15, 0.2) is 91.0 Å². The molecule has 0 aliphatic carbocycles. The zero-order valence-corrected chi connectivity index (χ0v) is 16.6. The molecular formula is C26H15NO2S. The van der Waals surface area contributed by atoms with Crippen LogP contribution in [0.4, 0.5) is 5.69 Å². The Morgan fingerprint density at radius 1 is 0.633 bits per heavy atom. The minimum atomic E-state index is -0.291. The summed E-state index contributed by atoms with van der Waals surface area (Å²) < 4.78 is 2.40. The summed E-state index contributed by atoms with van der Waals surface area (Å²) in [4.78, 5) is 11.5. The van der Waals surface area contributed by atoms with Crippen molar-refractivity contribution < 1.29 is 4.92 Å². The third-order valence-corrected chi connectivity index (χ3v) is 7.02. The fraction of sp³-hybridized carbons (Fsp3) is 0. The van der Waals surface area contributed by atoms with Gasteiger partial charge in [-0.15, -0.1) is 11.3 Å². The van der Waals surface area contributed by atoms with Gasteiger partial charge >= 0.3 is 0 Å². The van der Waals surface area contributed by atoms with E-state index in [1.807, 2.05) is 18.2 Å². The van der Waals surface area contributed by atoms with Crippen molar-refractivity contribution in [1.82, 2.24) is 0 Å². The summed E-state index contributed by atoms with van der Waals surface area (Å²) in [7, 11) is 0. The van der Waals surface area contributed by atoms with Crippen molar-refractivity contribution in [3.63, 3.8) is 0 Å². The highest BCUT2D eigenvalue weighted by Crippen LogP contribution is 2.47. The van der Waals surface area contributed by atoms with Gasteiger partial charge in [0.2, 0.25) is 0 Å². The van der Waals surface area contributed by atoms with E-state index in [0.29, 0.717) is 5.56 Å². The second kappa shape index (κ2) is 6.37. The van der Waals surface area contributed by atoms with Crippen molar-refractivity contribution >= 4 is 58.7 Å². The number of fused-ring (bicyclic) bond motifs is 7. The molecule has 1 heterocycles. The maximum Gasteiger partial charge on any atom is 0.277 e. The molecule has 0 saturated heterocycles. The monoisotopic (exact) mass is 405 g/mol. The van der Waals surface area contributed by atoms with Crippen molar-refractivity contribution in [1.29, 1.82) is 0 Å². The van der Waals surface area contributed by atoms with Gasteiger partial charge in [0.05, 0.1) is 10.5 Å². The first-order valence-electron chi connectivity index (χ1n) is 9.72. The fourth-order valence-corrected chi connectivity index (χ4v) is 5.81. The van der Waals surface area contributed by atoms with E-state index >= 15 is 0 Å². The molecule has 6 rings (SSSR count). The second-order valence-electron chi connectivity index (χ2n) is 7.39. The van der Waals surface area contributed by atoms with Crippen molar-refractivity contribution in [3.05, 3.63) is 101 Å². The van der Waals surface area contributed by atoms with Gasteiger partial charge in [-0.25, -0.2) is 0 Å². The molecule has 4 heteroatoms. The molecule has 0 aliphatic rings. The summed E-state index contributed by atoms with van der Waals surface area (Å²) in [5.41, 5.74) is 1.71. The fourth-order valence-electron chi connectivity index (χ4n) is 4.41. The lowest BCUT2D eigenvalue weighted by molar-refractivity contribution is -0.384. The predicted octanol–water partition coefficient (Wildman–Crippen LogP) is 7.94. The Kier molecular flexibility index (Phi) is 3.64. The van der Waals surface area contributed by atoms with Crippen LogP contribution >= 0.6 is 11.3 Å². The maximum absolute atomic E-state index is 11.8. The molecule has 142 valence electrons. The van der Waals surface area contributed by atoms with Crippen molar-refractivity contribution in [3.8, 4) is 11.1 Å². The normalized spacial score (nSPS) is 11.6. The van der Waals surface area contributed by atoms with E-state index in [9.17, 15) is 10.1 Å². The minimum absolute atomic E-state index is 0.134. The van der Waals surface area contributed by atoms with Gasteiger partial charge in [-0.05, 0) is 39.2 Å². The molecule has 0 aliphatic heterocycles. The van der Waals surface area contributed by atoms with Crippen molar-refractivity contribution in [2.75, 3.05) is 0 Å². The average Bonchev–Trinajstić information content (AvgIpc) is 3.19. The van der Waals surface area contributed by atoms with Gasteiger partial charge in [-0.1, -0.05) is 72.8 Å². The highest BCUT2D eigenvalue weighted by molar-refractivity contribution is 7.27. The number of hydrogen-bond donors (Lipinski definition) is 0. The van der Waals surface area contributed by atoms with Crippen LogP contribution in [0, 0.1) is 10.1 Å². The second-order valence-corrected chi connectivity index (χ2v) is 8.41. The van der Waals surface area contributed by atoms with Crippen LogP contribution in [-0.2, 0) is 0 Å². The van der Waals surface area contributed by atoms with Crippen molar-refractivity contribution in [2.24, 2.45) is 0 Å². The van der Waals surface area contributed by atoms with Gasteiger partial charge in [0.25, 0.3) is 5.69 Å². The molecule has 0 fully saturated rings. The summed E-state index contributed by atoms with van der Waals surface area (Å²) in [5.74, 6) is 0. The topological polar surface area (TPSA) is 43.1 Å². The SMILES string of the molecule is O=[N+]([O-])c1ccccc1-c1cc2ccccc2c2sc3c4ccccc4ccc3c12. The van der Waals surface area contributed by atoms with E-state index in [-0.39, 0.29) is 10.6 Å². The molecule has 0 bridgehead atoms. The van der Waals surface area contributed by atoms with Gasteiger partial charge in [0, 0.05) is 26.2 Å². The van der Waals surface area contributed by atoms with E-state index in [2.05, 4.69) is 60.7 Å². The Morgan fingerprint density at radius 3 is 2.10 bits per heavy atom. The molecular weight excluding hydrogens is 390 g/mol. The first-order valence-corrected chi connectivity index (χ1v) is 10.5. The van der Waals surface area contributed by atoms with Crippen LogP contribution < -0.4 is 0 Å². The molecule has 0 amide bonds. The zero-order chi connectivity index (χ0) is 20.2. The molecule has 0 spiro atoms. The lowest BCUT2D eigenvalue weighted by Crippen LogP contribution is -1.92. The van der Waals surface area contributed by atoms with Crippen LogP contribution in [0.2, 0.25) is 0 Å². The number of hydrogen-bond acceptors (Lipinski definition) is 3. The van der Waals surface area contributed by atoms with Gasteiger partial charge in [0.15, 0.2) is 0 Å². The largest absolute Gasteiger partial charge is 0.277 e. The van der Waals surface area contributed by atoms with Crippen LogP contribution in [0.5, 0.6) is 0 Å². The van der Waals surface area contributed by atoms with Crippen molar-refractivity contribution in [2.45, 2.75) is 0 Å². The summed E-state index contributed by atoms with van der Waals surface area (Å²) in [6, 6.07) is 30.1. The van der Waals surface area contributed by atoms with Gasteiger partial charge in [0.1, 0.15) is 0 Å². The Balaban J connectivity index is 1.87. The molecule has 5 aromatic carbocycles. The third-order valence-electron chi connectivity index (χ3n) is 5.75. The Morgan fingerprint density at radius 2 is 1.30 bits per heavy atom. The quantitative estimate of drug-likeness (QED) is 0.217. The molecule has 0 N–H and O–H groups in total. The standard InChI is InChI=1S/C26H15NO2S/c28-27(29)23-12-6-5-11-20(23)22-15-17-8-2-4-10-19(17)26-24(22)21-14-13-16-7-1-3-9-18(16)25(21)30-26/h1-15H. The number of rotatable bonds is 2. The van der Waals surface area contributed by atoms with Gasteiger partial charge < -0.3 is 0 Å². The zero-order valence-electron chi connectivity index (χ0n) is 15.8. The Bertz CT molecular complexity index is 1630. The summed E-state index contributed by atoms with van der Waals surface area (Å²) in [6.45, 7) is 0. The molecule has 3 nitrogen and oxygen atoms in total. The summed E-state index contributed by atoms with van der Waals surface area (Å²) >= 11 is 1.77. The number of benzene rings is 5. The average molecular weight is 405 g/mol. The number of nitro benzene ring substituents is 1. The Hall–Kier alpha value is -3.76. The van der Waals surface area contributed by atoms with E-state index in [4.69, 9.17) is 0 Å². The van der Waals surface area contributed by atoms with E-state index < -0.39 is 0 Å². The number of para-hydroxylation sites is 1. The number of nitro groups is 1. The van der Waals surface area contributed by atoms with Gasteiger partial charge in [-0.3, -0.25) is 10.1 Å². The number of thiophene rings is 1. The summed E-state index contributed by atoms with van der Waals surface area (Å²) in [6.07, 6.45) is 0. The van der Waals surface area contributed by atoms with Gasteiger partial charge in [-0.2, -0.15) is 0 Å². The predicted molar refractivity (Wildman–Crippen MR) is 126 cm³/mol. The molecule has 0 unspecified atom stereocenters. The van der Waals surface area contributed by atoms with E-state index in [1.54, 1.807) is 23.5 Å². The lowest BCUT2D eigenvalue weighted by Gasteiger charge is -2.09. The smallest absolute Gasteiger partial charge is 0.258 e. The van der Waals surface area contributed by atoms with Crippen LogP contribution in [0.25, 0.3) is 52.8 Å². The molecule has 1 aromatic heterocycles. The third kappa shape index (κ3) is 2.38. The van der Waals surface area contributed by atoms with Crippen LogP contribution in [0.3, 0.4) is 0 Å². The van der Waals surface area contributed by atoms with Crippen LogP contribution in [0.1, 0.15) is 0 Å². The molecule has 0 saturated carbocycles. The molecule has 0 radical (unpaired) electrons. The molecule has 0 atom stereocenters. The molecule has 6 aromatic rings. The first kappa shape index (κ1) is 17.1. The highest BCUT2D eigenvalue weighted by Gasteiger charge is 2.21. The van der Waals surface area contributed by atoms with E-state index in [1.165, 1.54) is 25.6 Å². The lowest BCUT2D eigenvalue weighted by atomic mass is 9.94.